The first-order valence-corrected chi connectivity index (χ1v) is 9.83. The monoisotopic (exact) mass is 430 g/mol. The molecular formula is C22H24F2N4O3. The van der Waals surface area contributed by atoms with Crippen LogP contribution in [0.15, 0.2) is 48.5 Å². The Hall–Kier alpha value is -3.49. The lowest BCUT2D eigenvalue weighted by atomic mass is 10.0. The van der Waals surface area contributed by atoms with E-state index in [1.165, 1.54) is 22.4 Å². The van der Waals surface area contributed by atoms with Gasteiger partial charge in [-0.2, -0.15) is 8.78 Å². The van der Waals surface area contributed by atoms with Gasteiger partial charge >= 0.3 is 6.61 Å². The van der Waals surface area contributed by atoms with Crippen LogP contribution in [-0.4, -0.2) is 40.7 Å². The molecule has 3 aromatic rings. The third-order valence-corrected chi connectivity index (χ3v) is 4.62. The fraction of sp³-hybridized carbons (Fsp3) is 0.318. The van der Waals surface area contributed by atoms with Crippen LogP contribution in [0.25, 0.3) is 5.69 Å². The quantitative estimate of drug-likeness (QED) is 0.517. The SMILES string of the molecule is Cc1c(C(=O)NCCOc2ccc(C(C)C)cc2)nnn1-c1ccc(OC(F)F)cc1. The molecule has 0 saturated heterocycles. The molecule has 7 nitrogen and oxygen atoms in total. The molecule has 1 N–H and O–H groups in total. The Balaban J connectivity index is 1.53. The van der Waals surface area contributed by atoms with Gasteiger partial charge in [0, 0.05) is 0 Å². The Morgan fingerprint density at radius 2 is 1.71 bits per heavy atom. The lowest BCUT2D eigenvalue weighted by molar-refractivity contribution is -0.0498. The highest BCUT2D eigenvalue weighted by molar-refractivity contribution is 5.93. The minimum absolute atomic E-state index is 0.0355. The summed E-state index contributed by atoms with van der Waals surface area (Å²) >= 11 is 0. The van der Waals surface area contributed by atoms with Gasteiger partial charge < -0.3 is 14.8 Å². The zero-order valence-electron chi connectivity index (χ0n) is 17.5. The van der Waals surface area contributed by atoms with Crippen molar-refractivity contribution in [1.29, 1.82) is 0 Å². The van der Waals surface area contributed by atoms with Crippen LogP contribution < -0.4 is 14.8 Å². The molecule has 0 radical (unpaired) electrons. The highest BCUT2D eigenvalue weighted by Gasteiger charge is 2.17. The number of hydrogen-bond acceptors (Lipinski definition) is 5. The van der Waals surface area contributed by atoms with Gasteiger partial charge in [0.15, 0.2) is 5.69 Å². The van der Waals surface area contributed by atoms with Crippen molar-refractivity contribution in [3.63, 3.8) is 0 Å². The fourth-order valence-electron chi connectivity index (χ4n) is 2.92. The lowest BCUT2D eigenvalue weighted by Crippen LogP contribution is -2.29. The van der Waals surface area contributed by atoms with Crippen molar-refractivity contribution in [2.75, 3.05) is 13.2 Å². The second kappa shape index (κ2) is 10.0. The van der Waals surface area contributed by atoms with E-state index in [0.29, 0.717) is 30.5 Å². The summed E-state index contributed by atoms with van der Waals surface area (Å²) in [6, 6.07) is 13.8. The van der Waals surface area contributed by atoms with Gasteiger partial charge in [0.25, 0.3) is 5.91 Å². The number of halogens is 2. The predicted octanol–water partition coefficient (Wildman–Crippen LogP) is 4.11. The van der Waals surface area contributed by atoms with Crippen LogP contribution in [0.1, 0.15) is 41.5 Å². The minimum Gasteiger partial charge on any atom is -0.492 e. The van der Waals surface area contributed by atoms with Gasteiger partial charge in [0.2, 0.25) is 0 Å². The van der Waals surface area contributed by atoms with Gasteiger partial charge in [0.05, 0.1) is 17.9 Å². The normalized spacial score (nSPS) is 11.1. The van der Waals surface area contributed by atoms with E-state index >= 15 is 0 Å². The molecule has 0 fully saturated rings. The number of alkyl halides is 2. The van der Waals surface area contributed by atoms with Crippen molar-refractivity contribution < 1.29 is 23.0 Å². The summed E-state index contributed by atoms with van der Waals surface area (Å²) < 4.78 is 36.0. The van der Waals surface area contributed by atoms with Crippen LogP contribution in [0.3, 0.4) is 0 Å². The molecule has 0 saturated carbocycles. The second-order valence-electron chi connectivity index (χ2n) is 7.14. The number of amides is 1. The molecule has 0 atom stereocenters. The van der Waals surface area contributed by atoms with Crippen LogP contribution in [0.2, 0.25) is 0 Å². The number of hydrogen-bond donors (Lipinski definition) is 1. The molecule has 9 heteroatoms. The highest BCUT2D eigenvalue weighted by Crippen LogP contribution is 2.19. The topological polar surface area (TPSA) is 78.3 Å². The third kappa shape index (κ3) is 5.78. The molecule has 0 aliphatic heterocycles. The Morgan fingerprint density at radius 1 is 1.06 bits per heavy atom. The average Bonchev–Trinajstić information content (AvgIpc) is 3.13. The number of nitrogens with one attached hydrogen (secondary N) is 1. The van der Waals surface area contributed by atoms with Gasteiger partial charge in [-0.25, -0.2) is 4.68 Å². The van der Waals surface area contributed by atoms with E-state index in [-0.39, 0.29) is 17.4 Å². The number of aromatic nitrogens is 3. The molecule has 1 amide bonds. The molecule has 0 aliphatic carbocycles. The van der Waals surface area contributed by atoms with Crippen LogP contribution in [0.4, 0.5) is 8.78 Å². The molecule has 0 unspecified atom stereocenters. The van der Waals surface area contributed by atoms with E-state index in [9.17, 15) is 13.6 Å². The molecule has 0 aliphatic rings. The Morgan fingerprint density at radius 3 is 2.32 bits per heavy atom. The van der Waals surface area contributed by atoms with E-state index in [1.54, 1.807) is 19.1 Å². The molecule has 3 rings (SSSR count). The van der Waals surface area contributed by atoms with Crippen LogP contribution >= 0.6 is 0 Å². The molecule has 0 bridgehead atoms. The van der Waals surface area contributed by atoms with Gasteiger partial charge in [-0.1, -0.05) is 31.2 Å². The van der Waals surface area contributed by atoms with Crippen LogP contribution in [0.5, 0.6) is 11.5 Å². The summed E-state index contributed by atoms with van der Waals surface area (Å²) in [6.07, 6.45) is 0. The molecular weight excluding hydrogens is 406 g/mol. The first-order chi connectivity index (χ1) is 14.8. The number of rotatable bonds is 9. The van der Waals surface area contributed by atoms with E-state index in [1.807, 2.05) is 24.3 Å². The van der Waals surface area contributed by atoms with Crippen molar-refractivity contribution in [3.05, 3.63) is 65.5 Å². The Bertz CT molecular complexity index is 1000. The molecule has 2 aromatic carbocycles. The number of ether oxygens (including phenoxy) is 2. The zero-order valence-corrected chi connectivity index (χ0v) is 17.5. The van der Waals surface area contributed by atoms with Crippen molar-refractivity contribution in [3.8, 4) is 17.2 Å². The van der Waals surface area contributed by atoms with Crippen LogP contribution in [0, 0.1) is 6.92 Å². The maximum atomic E-state index is 12.4. The van der Waals surface area contributed by atoms with Gasteiger partial charge in [-0.3, -0.25) is 4.79 Å². The first kappa shape index (κ1) is 22.2. The molecule has 1 aromatic heterocycles. The first-order valence-electron chi connectivity index (χ1n) is 9.83. The molecule has 164 valence electrons. The van der Waals surface area contributed by atoms with Crippen molar-refractivity contribution >= 4 is 5.91 Å². The largest absolute Gasteiger partial charge is 0.492 e. The highest BCUT2D eigenvalue weighted by atomic mass is 19.3. The number of benzene rings is 2. The lowest BCUT2D eigenvalue weighted by Gasteiger charge is -2.09. The standard InChI is InChI=1S/C22H24F2N4O3/c1-14(2)16-4-8-18(9-5-16)30-13-12-25-21(29)20-15(3)28(27-26-20)17-6-10-19(11-7-17)31-22(23)24/h4-11,14,22H,12-13H2,1-3H3,(H,25,29). The Labute approximate surface area is 179 Å². The van der Waals surface area contributed by atoms with Crippen molar-refractivity contribution in [2.45, 2.75) is 33.3 Å². The number of nitrogens with zero attached hydrogens (tertiary/aromatic N) is 3. The van der Waals surface area contributed by atoms with Gasteiger partial charge in [-0.15, -0.1) is 5.10 Å². The van der Waals surface area contributed by atoms with Gasteiger partial charge in [-0.05, 0) is 54.8 Å². The molecule has 1 heterocycles. The summed E-state index contributed by atoms with van der Waals surface area (Å²) in [5.74, 6) is 0.849. The maximum absolute atomic E-state index is 12.4. The van der Waals surface area contributed by atoms with Crippen molar-refractivity contribution in [1.82, 2.24) is 20.3 Å². The zero-order chi connectivity index (χ0) is 22.4. The molecule has 31 heavy (non-hydrogen) atoms. The summed E-state index contributed by atoms with van der Waals surface area (Å²) in [5, 5.41) is 10.7. The fourth-order valence-corrected chi connectivity index (χ4v) is 2.92. The van der Waals surface area contributed by atoms with E-state index in [2.05, 4.69) is 34.2 Å². The minimum atomic E-state index is -2.89. The summed E-state index contributed by atoms with van der Waals surface area (Å²) in [6.45, 7) is 3.67. The smallest absolute Gasteiger partial charge is 0.387 e. The van der Waals surface area contributed by atoms with E-state index in [0.717, 1.165) is 5.75 Å². The summed E-state index contributed by atoms with van der Waals surface area (Å²) in [4.78, 5) is 12.4. The second-order valence-corrected chi connectivity index (χ2v) is 7.14. The Kier molecular flexibility index (Phi) is 7.17. The average molecular weight is 430 g/mol. The summed E-state index contributed by atoms with van der Waals surface area (Å²) in [5.41, 5.74) is 2.49. The molecule has 0 spiro atoms. The predicted molar refractivity (Wildman–Crippen MR) is 111 cm³/mol. The maximum Gasteiger partial charge on any atom is 0.387 e. The van der Waals surface area contributed by atoms with Crippen LogP contribution in [-0.2, 0) is 0 Å². The summed E-state index contributed by atoms with van der Waals surface area (Å²) in [7, 11) is 0. The van der Waals surface area contributed by atoms with Gasteiger partial charge in [0.1, 0.15) is 18.1 Å². The number of carbonyl (C=O) groups is 1. The van der Waals surface area contributed by atoms with E-state index < -0.39 is 6.61 Å². The number of carbonyl (C=O) groups excluding carboxylic acids is 1. The van der Waals surface area contributed by atoms with E-state index in [4.69, 9.17) is 4.74 Å². The third-order valence-electron chi connectivity index (χ3n) is 4.62. The van der Waals surface area contributed by atoms with Crippen molar-refractivity contribution in [2.24, 2.45) is 0 Å².